The van der Waals surface area contributed by atoms with Gasteiger partial charge in [-0.3, -0.25) is 4.79 Å². The monoisotopic (exact) mass is 469 g/mol. The molecule has 178 valence electrons. The molecule has 1 aliphatic rings. The van der Waals surface area contributed by atoms with E-state index >= 15 is 0 Å². The molecule has 2 amide bonds. The number of aromatic nitrogens is 2. The number of benzene rings is 2. The van der Waals surface area contributed by atoms with Gasteiger partial charge in [-0.25, -0.2) is 14.8 Å². The lowest BCUT2D eigenvalue weighted by atomic mass is 9.79. The Balaban J connectivity index is 1.45. The molecule has 3 aromatic rings. The lowest BCUT2D eigenvalue weighted by Crippen LogP contribution is -2.49. The second-order valence-corrected chi connectivity index (χ2v) is 8.86. The van der Waals surface area contributed by atoms with Crippen LogP contribution in [0.2, 0.25) is 0 Å². The van der Waals surface area contributed by atoms with Crippen LogP contribution in [0.25, 0.3) is 11.1 Å². The third kappa shape index (κ3) is 5.46. The standard InChI is InChI=1S/C27H27N5O3/c1-18(25(33)34)19-5-7-20(8-6-19)21-9-11-22(12-10-21)30-26(35)32-27(14-3-2-4-15-27)23-13-16-29-24(17-28)31-23/h5-13,16,18H,2-4,14-15H2,1H3,(H,33,34)(H2,30,32,35). The summed E-state index contributed by atoms with van der Waals surface area (Å²) < 4.78 is 0. The highest BCUT2D eigenvalue weighted by atomic mass is 16.4. The van der Waals surface area contributed by atoms with E-state index in [0.717, 1.165) is 48.8 Å². The third-order valence-electron chi connectivity index (χ3n) is 6.56. The summed E-state index contributed by atoms with van der Waals surface area (Å²) in [6.45, 7) is 1.66. The molecule has 0 bridgehead atoms. The normalized spacial score (nSPS) is 15.4. The number of anilines is 1. The first-order valence-corrected chi connectivity index (χ1v) is 11.7. The highest BCUT2D eigenvalue weighted by molar-refractivity contribution is 5.90. The summed E-state index contributed by atoms with van der Waals surface area (Å²) in [5.41, 5.74) is 3.34. The number of hydrogen-bond acceptors (Lipinski definition) is 5. The minimum atomic E-state index is -0.855. The number of carboxylic acid groups (broad SMARTS) is 1. The van der Waals surface area contributed by atoms with E-state index in [0.29, 0.717) is 11.4 Å². The number of nitrogens with one attached hydrogen (secondary N) is 2. The zero-order chi connectivity index (χ0) is 24.8. The number of nitrogens with zero attached hydrogens (tertiary/aromatic N) is 3. The van der Waals surface area contributed by atoms with Crippen LogP contribution in [0.4, 0.5) is 10.5 Å². The van der Waals surface area contributed by atoms with Crippen LogP contribution in [0.1, 0.15) is 62.0 Å². The molecule has 3 N–H and O–H groups in total. The molecule has 8 nitrogen and oxygen atoms in total. The number of nitriles is 1. The molecule has 0 saturated heterocycles. The summed E-state index contributed by atoms with van der Waals surface area (Å²) in [5, 5.41) is 24.4. The minimum absolute atomic E-state index is 0.0932. The number of urea groups is 1. The lowest BCUT2D eigenvalue weighted by molar-refractivity contribution is -0.138. The van der Waals surface area contributed by atoms with Crippen LogP contribution in [0.15, 0.2) is 60.8 Å². The largest absolute Gasteiger partial charge is 0.481 e. The van der Waals surface area contributed by atoms with Crippen LogP contribution in [0.5, 0.6) is 0 Å². The zero-order valence-corrected chi connectivity index (χ0v) is 19.5. The molecule has 4 rings (SSSR count). The number of carbonyl (C=O) groups excluding carboxylic acids is 1. The summed E-state index contributed by atoms with van der Waals surface area (Å²) in [5.74, 6) is -1.32. The highest BCUT2D eigenvalue weighted by Crippen LogP contribution is 2.36. The summed E-state index contributed by atoms with van der Waals surface area (Å²) in [7, 11) is 0. The van der Waals surface area contributed by atoms with Crippen molar-refractivity contribution >= 4 is 17.7 Å². The Morgan fingerprint density at radius 1 is 1.00 bits per heavy atom. The van der Waals surface area contributed by atoms with Gasteiger partial charge in [-0.2, -0.15) is 5.26 Å². The van der Waals surface area contributed by atoms with Gasteiger partial charge in [-0.15, -0.1) is 0 Å². The Morgan fingerprint density at radius 2 is 1.63 bits per heavy atom. The van der Waals surface area contributed by atoms with Gasteiger partial charge in [-0.05, 0) is 54.7 Å². The Hall–Kier alpha value is -4.25. The highest BCUT2D eigenvalue weighted by Gasteiger charge is 2.37. The van der Waals surface area contributed by atoms with Gasteiger partial charge in [0, 0.05) is 11.9 Å². The molecule has 0 radical (unpaired) electrons. The Morgan fingerprint density at radius 3 is 2.23 bits per heavy atom. The van der Waals surface area contributed by atoms with E-state index in [1.807, 2.05) is 54.6 Å². The maximum atomic E-state index is 12.9. The van der Waals surface area contributed by atoms with Crippen molar-refractivity contribution in [1.29, 1.82) is 5.26 Å². The number of amides is 2. The SMILES string of the molecule is CC(C(=O)O)c1ccc(-c2ccc(NC(=O)NC3(c4ccnc(C#N)n4)CCCCC3)cc2)cc1. The average Bonchev–Trinajstić information content (AvgIpc) is 2.89. The van der Waals surface area contributed by atoms with Crippen molar-refractivity contribution in [3.63, 3.8) is 0 Å². The van der Waals surface area contributed by atoms with Crippen molar-refractivity contribution in [3.05, 3.63) is 77.9 Å². The third-order valence-corrected chi connectivity index (χ3v) is 6.56. The number of carboxylic acids is 1. The van der Waals surface area contributed by atoms with E-state index in [4.69, 9.17) is 0 Å². The van der Waals surface area contributed by atoms with Crippen LogP contribution < -0.4 is 10.6 Å². The number of aliphatic carboxylic acids is 1. The number of carbonyl (C=O) groups is 2. The second kappa shape index (κ2) is 10.3. The molecular formula is C27H27N5O3. The van der Waals surface area contributed by atoms with Gasteiger partial charge in [-0.1, -0.05) is 55.7 Å². The molecule has 1 unspecified atom stereocenters. The summed E-state index contributed by atoms with van der Waals surface area (Å²) in [6.07, 6.45) is 6.08. The molecule has 0 spiro atoms. The average molecular weight is 470 g/mol. The molecule has 0 aliphatic heterocycles. The fourth-order valence-corrected chi connectivity index (χ4v) is 4.51. The maximum Gasteiger partial charge on any atom is 0.319 e. The molecule has 35 heavy (non-hydrogen) atoms. The zero-order valence-electron chi connectivity index (χ0n) is 19.5. The number of rotatable bonds is 6. The van der Waals surface area contributed by atoms with Crippen LogP contribution in [-0.4, -0.2) is 27.1 Å². The first-order chi connectivity index (χ1) is 16.9. The molecule has 8 heteroatoms. The van der Waals surface area contributed by atoms with Crippen molar-refractivity contribution in [2.24, 2.45) is 0 Å². The quantitative estimate of drug-likeness (QED) is 0.456. The topological polar surface area (TPSA) is 128 Å². The summed E-state index contributed by atoms with van der Waals surface area (Å²) >= 11 is 0. The first kappa shape index (κ1) is 23.9. The van der Waals surface area contributed by atoms with E-state index in [2.05, 4.69) is 20.6 Å². The minimum Gasteiger partial charge on any atom is -0.481 e. The van der Waals surface area contributed by atoms with E-state index in [1.165, 1.54) is 0 Å². The fraction of sp³-hybridized carbons (Fsp3) is 0.296. The maximum absolute atomic E-state index is 12.9. The lowest BCUT2D eigenvalue weighted by Gasteiger charge is -2.37. The fourth-order valence-electron chi connectivity index (χ4n) is 4.51. The van der Waals surface area contributed by atoms with E-state index in [9.17, 15) is 20.0 Å². The van der Waals surface area contributed by atoms with Crippen molar-refractivity contribution < 1.29 is 14.7 Å². The molecule has 2 aromatic carbocycles. The Kier molecular flexibility index (Phi) is 7.06. The molecule has 1 saturated carbocycles. The second-order valence-electron chi connectivity index (χ2n) is 8.86. The van der Waals surface area contributed by atoms with Crippen LogP contribution in [-0.2, 0) is 10.3 Å². The summed E-state index contributed by atoms with van der Waals surface area (Å²) in [6, 6.07) is 18.3. The molecule has 1 atom stereocenters. The van der Waals surface area contributed by atoms with Crippen molar-refractivity contribution in [3.8, 4) is 17.2 Å². The molecular weight excluding hydrogens is 442 g/mol. The number of hydrogen-bond donors (Lipinski definition) is 3. The first-order valence-electron chi connectivity index (χ1n) is 11.7. The van der Waals surface area contributed by atoms with Crippen LogP contribution in [0.3, 0.4) is 0 Å². The summed E-state index contributed by atoms with van der Waals surface area (Å²) in [4.78, 5) is 32.5. The molecule has 1 aliphatic carbocycles. The van der Waals surface area contributed by atoms with Gasteiger partial charge in [0.1, 0.15) is 6.07 Å². The Bertz CT molecular complexity index is 1240. The van der Waals surface area contributed by atoms with Crippen molar-refractivity contribution in [2.75, 3.05) is 5.32 Å². The smallest absolute Gasteiger partial charge is 0.319 e. The van der Waals surface area contributed by atoms with E-state index < -0.39 is 17.4 Å². The van der Waals surface area contributed by atoms with Gasteiger partial charge in [0.25, 0.3) is 0 Å². The van der Waals surface area contributed by atoms with Gasteiger partial charge in [0.15, 0.2) is 0 Å². The van der Waals surface area contributed by atoms with E-state index in [1.54, 1.807) is 19.2 Å². The molecule has 1 aromatic heterocycles. The van der Waals surface area contributed by atoms with Gasteiger partial charge in [0.2, 0.25) is 5.82 Å². The molecule has 1 heterocycles. The molecule has 1 fully saturated rings. The van der Waals surface area contributed by atoms with Crippen molar-refractivity contribution in [1.82, 2.24) is 15.3 Å². The van der Waals surface area contributed by atoms with E-state index in [-0.39, 0.29) is 11.9 Å². The Labute approximate surface area is 204 Å². The van der Waals surface area contributed by atoms with Gasteiger partial charge in [0.05, 0.1) is 17.2 Å². The van der Waals surface area contributed by atoms with Crippen LogP contribution >= 0.6 is 0 Å². The van der Waals surface area contributed by atoms with Gasteiger partial charge >= 0.3 is 12.0 Å². The predicted octanol–water partition coefficient (Wildman–Crippen LogP) is 5.18. The van der Waals surface area contributed by atoms with Crippen LogP contribution in [0, 0.1) is 11.3 Å². The van der Waals surface area contributed by atoms with Gasteiger partial charge < -0.3 is 15.7 Å². The predicted molar refractivity (Wildman–Crippen MR) is 132 cm³/mol. The van der Waals surface area contributed by atoms with Crippen molar-refractivity contribution in [2.45, 2.75) is 50.5 Å².